The Kier molecular flexibility index (Phi) is 3.90. The van der Waals surface area contributed by atoms with Gasteiger partial charge in [-0.1, -0.05) is 0 Å². The fraction of sp³-hybridized carbons (Fsp3) is 0.238. The zero-order valence-corrected chi connectivity index (χ0v) is 16.3. The van der Waals surface area contributed by atoms with E-state index < -0.39 is 0 Å². The quantitative estimate of drug-likeness (QED) is 0.364. The molecule has 0 atom stereocenters. The number of hydrogen-bond donors (Lipinski definition) is 4. The average molecular weight is 399 g/mol. The van der Waals surface area contributed by atoms with Crippen molar-refractivity contribution in [2.45, 2.75) is 19.3 Å². The first-order valence-corrected chi connectivity index (χ1v) is 10.2. The highest BCUT2D eigenvalue weighted by Gasteiger charge is 2.17. The van der Waals surface area contributed by atoms with Crippen LogP contribution in [-0.2, 0) is 0 Å². The number of imidazole rings is 1. The van der Waals surface area contributed by atoms with Gasteiger partial charge in [0.05, 0.1) is 22.1 Å². The molecule has 5 heterocycles. The van der Waals surface area contributed by atoms with Crippen molar-refractivity contribution in [1.29, 1.82) is 0 Å². The minimum atomic E-state index is 0.712. The molecule has 0 saturated carbocycles. The highest BCUT2D eigenvalue weighted by atomic mass is 15.2. The van der Waals surface area contributed by atoms with Crippen LogP contribution in [0.2, 0.25) is 0 Å². The highest BCUT2D eigenvalue weighted by molar-refractivity contribution is 5.91. The van der Waals surface area contributed by atoms with Crippen LogP contribution in [0.15, 0.2) is 43.0 Å². The van der Waals surface area contributed by atoms with Crippen LogP contribution in [0.1, 0.15) is 19.3 Å². The predicted octanol–water partition coefficient (Wildman–Crippen LogP) is 3.96. The van der Waals surface area contributed by atoms with E-state index in [1.165, 1.54) is 31.3 Å². The van der Waals surface area contributed by atoms with E-state index in [9.17, 15) is 0 Å². The smallest absolute Gasteiger partial charge is 0.161 e. The number of hydrogen-bond acceptors (Lipinski definition) is 6. The number of rotatable bonds is 4. The van der Waals surface area contributed by atoms with Crippen LogP contribution in [0.3, 0.4) is 0 Å². The van der Waals surface area contributed by atoms with Crippen molar-refractivity contribution in [1.82, 2.24) is 35.1 Å². The molecule has 1 saturated heterocycles. The van der Waals surface area contributed by atoms with E-state index in [1.54, 1.807) is 0 Å². The lowest BCUT2D eigenvalue weighted by Crippen LogP contribution is -2.29. The third-order valence-corrected chi connectivity index (χ3v) is 5.66. The summed E-state index contributed by atoms with van der Waals surface area (Å²) in [4.78, 5) is 22.4. The van der Waals surface area contributed by atoms with Crippen LogP contribution in [-0.4, -0.2) is 48.2 Å². The molecule has 1 aliphatic heterocycles. The van der Waals surface area contributed by atoms with Crippen LogP contribution >= 0.6 is 0 Å². The van der Waals surface area contributed by atoms with Gasteiger partial charge in [-0.15, -0.1) is 0 Å². The van der Waals surface area contributed by atoms with Gasteiger partial charge in [0.15, 0.2) is 11.5 Å². The number of nitrogens with zero attached hydrogens (tertiary/aromatic N) is 5. The molecule has 5 aromatic rings. The van der Waals surface area contributed by atoms with Gasteiger partial charge in [-0.2, -0.15) is 5.10 Å². The summed E-state index contributed by atoms with van der Waals surface area (Å²) in [5, 5.41) is 11.6. The molecule has 1 aliphatic rings. The first-order chi connectivity index (χ1) is 14.8. The zero-order valence-electron chi connectivity index (χ0n) is 16.3. The average Bonchev–Trinajstić information content (AvgIpc) is 3.53. The molecule has 0 amide bonds. The molecule has 0 unspecified atom stereocenters. The number of nitrogens with one attached hydrogen (secondary N) is 4. The van der Waals surface area contributed by atoms with E-state index in [2.05, 4.69) is 58.5 Å². The summed E-state index contributed by atoms with van der Waals surface area (Å²) in [6, 6.07) is 8.38. The predicted molar refractivity (Wildman–Crippen MR) is 117 cm³/mol. The second kappa shape index (κ2) is 6.87. The van der Waals surface area contributed by atoms with Crippen LogP contribution in [0.25, 0.3) is 33.6 Å². The van der Waals surface area contributed by atoms with E-state index in [4.69, 9.17) is 4.98 Å². The SMILES string of the molecule is c1nc(Nc2c[nH]nc2-c2nc3cc(N4CCCCC4)ccc3[nH]2)c2cc[nH]c2n1. The summed E-state index contributed by atoms with van der Waals surface area (Å²) in [6.07, 6.45) is 9.02. The van der Waals surface area contributed by atoms with E-state index in [-0.39, 0.29) is 0 Å². The van der Waals surface area contributed by atoms with E-state index in [0.717, 1.165) is 40.8 Å². The number of fused-ring (bicyclic) bond motifs is 2. The third-order valence-electron chi connectivity index (χ3n) is 5.66. The van der Waals surface area contributed by atoms with Gasteiger partial charge in [0.2, 0.25) is 0 Å². The molecule has 0 spiro atoms. The van der Waals surface area contributed by atoms with Crippen molar-refractivity contribution in [3.05, 3.63) is 43.0 Å². The summed E-state index contributed by atoms with van der Waals surface area (Å²) in [7, 11) is 0. The Morgan fingerprint density at radius 3 is 2.90 bits per heavy atom. The number of piperidine rings is 1. The van der Waals surface area contributed by atoms with Crippen LogP contribution in [0, 0.1) is 0 Å². The van der Waals surface area contributed by atoms with E-state index in [1.807, 2.05) is 18.5 Å². The minimum absolute atomic E-state index is 0.712. The number of H-pyrrole nitrogens is 3. The zero-order chi connectivity index (χ0) is 19.9. The normalized spacial score (nSPS) is 14.6. The van der Waals surface area contributed by atoms with Crippen molar-refractivity contribution in [3.8, 4) is 11.5 Å². The fourth-order valence-electron chi connectivity index (χ4n) is 4.12. The van der Waals surface area contributed by atoms with Gasteiger partial charge < -0.3 is 20.2 Å². The van der Waals surface area contributed by atoms with E-state index in [0.29, 0.717) is 17.3 Å². The molecule has 30 heavy (non-hydrogen) atoms. The molecule has 150 valence electrons. The summed E-state index contributed by atoms with van der Waals surface area (Å²) < 4.78 is 0. The molecule has 9 nitrogen and oxygen atoms in total. The Labute approximate surface area is 172 Å². The topological polar surface area (TPSA) is 114 Å². The molecular formula is C21H21N9. The standard InChI is InChI=1S/C21H21N9/c1-2-8-30(9-3-1)13-4-5-15-16(10-13)27-21(26-15)18-17(11-25-29-18)28-20-14-6-7-22-19(14)23-12-24-20/h4-7,10-12H,1-3,8-9H2,(H,25,29)(H,26,27)(H2,22,23,24,28). The molecular weight excluding hydrogens is 378 g/mol. The minimum Gasteiger partial charge on any atom is -0.371 e. The molecule has 0 aliphatic carbocycles. The van der Waals surface area contributed by atoms with Gasteiger partial charge in [-0.3, -0.25) is 5.10 Å². The first-order valence-electron chi connectivity index (χ1n) is 10.2. The van der Waals surface area contributed by atoms with Crippen molar-refractivity contribution in [3.63, 3.8) is 0 Å². The van der Waals surface area contributed by atoms with Crippen molar-refractivity contribution in [2.24, 2.45) is 0 Å². The van der Waals surface area contributed by atoms with Crippen molar-refractivity contribution in [2.75, 3.05) is 23.3 Å². The molecule has 0 bridgehead atoms. The summed E-state index contributed by atoms with van der Waals surface area (Å²) in [5.41, 5.74) is 5.47. The van der Waals surface area contributed by atoms with Gasteiger partial charge in [-0.25, -0.2) is 15.0 Å². The van der Waals surface area contributed by atoms with Gasteiger partial charge in [0.25, 0.3) is 0 Å². The number of benzene rings is 1. The summed E-state index contributed by atoms with van der Waals surface area (Å²) in [5.74, 6) is 1.43. The van der Waals surface area contributed by atoms with E-state index >= 15 is 0 Å². The molecule has 6 rings (SSSR count). The molecule has 1 fully saturated rings. The lowest BCUT2D eigenvalue weighted by atomic mass is 10.1. The third kappa shape index (κ3) is 2.86. The highest BCUT2D eigenvalue weighted by Crippen LogP contribution is 2.31. The number of aromatic nitrogens is 7. The second-order valence-corrected chi connectivity index (χ2v) is 7.57. The molecule has 0 radical (unpaired) electrons. The summed E-state index contributed by atoms with van der Waals surface area (Å²) >= 11 is 0. The first kappa shape index (κ1) is 17.0. The Morgan fingerprint density at radius 1 is 1.03 bits per heavy atom. The van der Waals surface area contributed by atoms with Crippen LogP contribution in [0.5, 0.6) is 0 Å². The largest absolute Gasteiger partial charge is 0.371 e. The number of anilines is 3. The van der Waals surface area contributed by atoms with Crippen LogP contribution < -0.4 is 10.2 Å². The van der Waals surface area contributed by atoms with Gasteiger partial charge in [-0.05, 0) is 43.5 Å². The van der Waals surface area contributed by atoms with Gasteiger partial charge in [0, 0.05) is 31.2 Å². The van der Waals surface area contributed by atoms with Crippen molar-refractivity contribution < 1.29 is 0 Å². The maximum Gasteiger partial charge on any atom is 0.161 e. The molecule has 4 aromatic heterocycles. The Balaban J connectivity index is 1.34. The molecule has 1 aromatic carbocycles. The Bertz CT molecular complexity index is 1320. The lowest BCUT2D eigenvalue weighted by Gasteiger charge is -2.28. The fourth-order valence-corrected chi connectivity index (χ4v) is 4.12. The monoisotopic (exact) mass is 399 g/mol. The van der Waals surface area contributed by atoms with Crippen LogP contribution in [0.4, 0.5) is 17.2 Å². The van der Waals surface area contributed by atoms with Gasteiger partial charge >= 0.3 is 0 Å². The maximum atomic E-state index is 4.82. The molecule has 9 heteroatoms. The van der Waals surface area contributed by atoms with Crippen molar-refractivity contribution >= 4 is 39.3 Å². The van der Waals surface area contributed by atoms with Gasteiger partial charge in [0.1, 0.15) is 17.8 Å². The summed E-state index contributed by atoms with van der Waals surface area (Å²) in [6.45, 7) is 2.23. The molecule has 4 N–H and O–H groups in total. The Hall–Kier alpha value is -3.88. The lowest BCUT2D eigenvalue weighted by molar-refractivity contribution is 0.578. The second-order valence-electron chi connectivity index (χ2n) is 7.57. The maximum absolute atomic E-state index is 4.82. The Morgan fingerprint density at radius 2 is 1.97 bits per heavy atom. The number of aromatic amines is 3.